The van der Waals surface area contributed by atoms with Crippen LogP contribution < -0.4 is 5.73 Å². The number of nitrogens with two attached hydrogens (primary N) is 1. The van der Waals surface area contributed by atoms with Crippen LogP contribution in [0.2, 0.25) is 0 Å². The van der Waals surface area contributed by atoms with Crippen molar-refractivity contribution in [3.05, 3.63) is 11.4 Å². The van der Waals surface area contributed by atoms with E-state index in [1.807, 2.05) is 0 Å². The lowest BCUT2D eigenvalue weighted by atomic mass is 10.2. The van der Waals surface area contributed by atoms with Gasteiger partial charge in [-0.15, -0.1) is 0 Å². The summed E-state index contributed by atoms with van der Waals surface area (Å²) in [5.74, 6) is 0.327. The maximum Gasteiger partial charge on any atom is 0.276 e. The summed E-state index contributed by atoms with van der Waals surface area (Å²) in [5, 5.41) is 15.7. The van der Waals surface area contributed by atoms with Crippen molar-refractivity contribution in [2.75, 3.05) is 25.9 Å². The van der Waals surface area contributed by atoms with Gasteiger partial charge in [-0.25, -0.2) is 0 Å². The molecule has 1 aliphatic carbocycles. The zero-order chi connectivity index (χ0) is 13.8. The monoisotopic (exact) mass is 266 g/mol. The molecule has 0 aromatic carbocycles. The first-order valence-corrected chi connectivity index (χ1v) is 6.85. The quantitative estimate of drug-likeness (QED) is 0.644. The molecule has 1 heterocycles. The lowest BCUT2D eigenvalue weighted by Gasteiger charge is -2.15. The highest BCUT2D eigenvalue weighted by atomic mass is 16.2. The van der Waals surface area contributed by atoms with Gasteiger partial charge in [-0.1, -0.05) is 0 Å². The number of carbonyl (C=O) groups excluding carboxylic acids is 1. The molecule has 4 N–H and O–H groups in total. The number of nitrogen functional groups attached to an aromatic ring is 1. The van der Waals surface area contributed by atoms with Gasteiger partial charge in [0.1, 0.15) is 0 Å². The Morgan fingerprint density at radius 2 is 2.21 bits per heavy atom. The number of aromatic amines is 1. The molecular formula is C13H22N4O2. The number of nitrogens with zero attached hydrogens (tertiary/aromatic N) is 2. The second kappa shape index (κ2) is 6.06. The number of unbranched alkanes of at least 4 members (excludes halogenated alkanes) is 2. The Labute approximate surface area is 113 Å². The fourth-order valence-corrected chi connectivity index (χ4v) is 2.13. The molecule has 106 valence electrons. The molecule has 0 aliphatic heterocycles. The minimum Gasteiger partial charge on any atom is -0.396 e. The number of hydrogen-bond acceptors (Lipinski definition) is 4. The number of rotatable bonds is 7. The van der Waals surface area contributed by atoms with Crippen LogP contribution in [-0.2, 0) is 0 Å². The van der Waals surface area contributed by atoms with Crippen LogP contribution >= 0.6 is 0 Å². The van der Waals surface area contributed by atoms with Crippen molar-refractivity contribution in [3.8, 4) is 0 Å². The number of nitrogens with one attached hydrogen (secondary N) is 1. The third-order valence-corrected chi connectivity index (χ3v) is 3.52. The van der Waals surface area contributed by atoms with Gasteiger partial charge in [0, 0.05) is 26.1 Å². The lowest BCUT2D eigenvalue weighted by molar-refractivity contribution is 0.0787. The van der Waals surface area contributed by atoms with Crippen LogP contribution in [0.5, 0.6) is 0 Å². The Morgan fingerprint density at radius 1 is 1.47 bits per heavy atom. The maximum absolute atomic E-state index is 12.2. The van der Waals surface area contributed by atoms with Crippen molar-refractivity contribution in [1.82, 2.24) is 15.1 Å². The molecule has 1 saturated carbocycles. The van der Waals surface area contributed by atoms with Crippen molar-refractivity contribution in [2.45, 2.75) is 38.0 Å². The third kappa shape index (κ3) is 3.26. The Balaban J connectivity index is 1.91. The molecule has 0 bridgehead atoms. The van der Waals surface area contributed by atoms with Crippen molar-refractivity contribution in [3.63, 3.8) is 0 Å². The maximum atomic E-state index is 12.2. The summed E-state index contributed by atoms with van der Waals surface area (Å²) >= 11 is 0. The van der Waals surface area contributed by atoms with Gasteiger partial charge in [0.15, 0.2) is 5.69 Å². The first kappa shape index (κ1) is 13.9. The summed E-state index contributed by atoms with van der Waals surface area (Å²) in [6.45, 7) is 0.860. The van der Waals surface area contributed by atoms with E-state index in [1.54, 1.807) is 11.9 Å². The molecule has 6 heteroatoms. The van der Waals surface area contributed by atoms with Gasteiger partial charge in [0.05, 0.1) is 11.4 Å². The average Bonchev–Trinajstić information content (AvgIpc) is 3.17. The largest absolute Gasteiger partial charge is 0.396 e. The smallest absolute Gasteiger partial charge is 0.276 e. The predicted octanol–water partition coefficient (Wildman–Crippen LogP) is 1.10. The van der Waals surface area contributed by atoms with Crippen LogP contribution in [0, 0.1) is 0 Å². The second-order valence-corrected chi connectivity index (χ2v) is 5.18. The van der Waals surface area contributed by atoms with E-state index in [0.29, 0.717) is 23.8 Å². The summed E-state index contributed by atoms with van der Waals surface area (Å²) in [4.78, 5) is 13.8. The van der Waals surface area contributed by atoms with Crippen LogP contribution in [0.25, 0.3) is 0 Å². The summed E-state index contributed by atoms with van der Waals surface area (Å²) in [6.07, 6.45) is 4.81. The molecule has 1 fully saturated rings. The van der Waals surface area contributed by atoms with Gasteiger partial charge in [0.2, 0.25) is 0 Å². The number of anilines is 1. The molecule has 1 aromatic rings. The topological polar surface area (TPSA) is 95.2 Å². The standard InChI is InChI=1S/C13H22N4O2/c1-17(7-3-2-4-8-18)13(19)12-10(14)11(15-16-12)9-5-6-9/h9,18H,2-8,14H2,1H3,(H,15,16). The number of aromatic nitrogens is 2. The summed E-state index contributed by atoms with van der Waals surface area (Å²) < 4.78 is 0. The van der Waals surface area contributed by atoms with Crippen LogP contribution in [0.1, 0.15) is 54.2 Å². The normalized spacial score (nSPS) is 14.6. The Morgan fingerprint density at radius 3 is 2.84 bits per heavy atom. The molecule has 0 saturated heterocycles. The van der Waals surface area contributed by atoms with Crippen molar-refractivity contribution in [2.24, 2.45) is 0 Å². The van der Waals surface area contributed by atoms with Crippen molar-refractivity contribution in [1.29, 1.82) is 0 Å². The Hall–Kier alpha value is -1.56. The third-order valence-electron chi connectivity index (χ3n) is 3.52. The van der Waals surface area contributed by atoms with Crippen molar-refractivity contribution < 1.29 is 9.90 Å². The van der Waals surface area contributed by atoms with Gasteiger partial charge in [-0.2, -0.15) is 5.10 Å². The van der Waals surface area contributed by atoms with Gasteiger partial charge in [0.25, 0.3) is 5.91 Å². The van der Waals surface area contributed by atoms with E-state index in [4.69, 9.17) is 10.8 Å². The lowest BCUT2D eigenvalue weighted by Crippen LogP contribution is -2.28. The fraction of sp³-hybridized carbons (Fsp3) is 0.692. The van der Waals surface area contributed by atoms with Gasteiger partial charge in [-0.3, -0.25) is 9.89 Å². The summed E-state index contributed by atoms with van der Waals surface area (Å²) in [7, 11) is 1.76. The number of amides is 1. The predicted molar refractivity (Wildman–Crippen MR) is 72.9 cm³/mol. The fourth-order valence-electron chi connectivity index (χ4n) is 2.13. The van der Waals surface area contributed by atoms with Crippen molar-refractivity contribution >= 4 is 11.6 Å². The average molecular weight is 266 g/mol. The second-order valence-electron chi connectivity index (χ2n) is 5.18. The Kier molecular flexibility index (Phi) is 4.42. The number of aliphatic hydroxyl groups excluding tert-OH is 1. The van der Waals surface area contributed by atoms with E-state index < -0.39 is 0 Å². The van der Waals surface area contributed by atoms with Gasteiger partial charge >= 0.3 is 0 Å². The molecule has 19 heavy (non-hydrogen) atoms. The summed E-state index contributed by atoms with van der Waals surface area (Å²) in [5.41, 5.74) is 7.75. The molecule has 1 amide bonds. The molecule has 0 radical (unpaired) electrons. The molecule has 0 spiro atoms. The van der Waals surface area contributed by atoms with E-state index >= 15 is 0 Å². The zero-order valence-electron chi connectivity index (χ0n) is 11.4. The number of carbonyl (C=O) groups is 1. The number of H-pyrrole nitrogens is 1. The molecule has 0 unspecified atom stereocenters. The highest BCUT2D eigenvalue weighted by Crippen LogP contribution is 2.42. The van der Waals surface area contributed by atoms with E-state index in [2.05, 4.69) is 10.2 Å². The summed E-state index contributed by atoms with van der Waals surface area (Å²) in [6, 6.07) is 0. The first-order chi connectivity index (χ1) is 9.15. The zero-order valence-corrected chi connectivity index (χ0v) is 11.4. The first-order valence-electron chi connectivity index (χ1n) is 6.85. The van der Waals surface area contributed by atoms with E-state index in [9.17, 15) is 4.79 Å². The van der Waals surface area contributed by atoms with E-state index in [0.717, 1.165) is 37.8 Å². The van der Waals surface area contributed by atoms with Crippen LogP contribution in [0.15, 0.2) is 0 Å². The molecule has 0 atom stereocenters. The molecular weight excluding hydrogens is 244 g/mol. The van der Waals surface area contributed by atoms with Gasteiger partial charge in [-0.05, 0) is 32.1 Å². The SMILES string of the molecule is CN(CCCCCO)C(=O)c1n[nH]c(C2CC2)c1N. The van der Waals surface area contributed by atoms with Crippen LogP contribution in [0.3, 0.4) is 0 Å². The molecule has 1 aromatic heterocycles. The Bertz CT molecular complexity index is 440. The van der Waals surface area contributed by atoms with E-state index in [-0.39, 0.29) is 12.5 Å². The molecule has 1 aliphatic rings. The highest BCUT2D eigenvalue weighted by molar-refractivity contribution is 5.97. The van der Waals surface area contributed by atoms with Crippen LogP contribution in [0.4, 0.5) is 5.69 Å². The highest BCUT2D eigenvalue weighted by Gasteiger charge is 2.30. The molecule has 2 rings (SSSR count). The number of aliphatic hydroxyl groups is 1. The minimum absolute atomic E-state index is 0.135. The van der Waals surface area contributed by atoms with E-state index in [1.165, 1.54) is 0 Å². The minimum atomic E-state index is -0.135. The van der Waals surface area contributed by atoms with Gasteiger partial charge < -0.3 is 15.7 Å². The van der Waals surface area contributed by atoms with Crippen LogP contribution in [-0.4, -0.2) is 46.3 Å². The molecule has 6 nitrogen and oxygen atoms in total. The number of hydrogen-bond donors (Lipinski definition) is 3.